The van der Waals surface area contributed by atoms with Gasteiger partial charge in [-0.05, 0) is 43.3 Å². The van der Waals surface area contributed by atoms with Crippen LogP contribution in [0.5, 0.6) is 0 Å². The van der Waals surface area contributed by atoms with Gasteiger partial charge in [-0.25, -0.2) is 4.39 Å². The van der Waals surface area contributed by atoms with Crippen LogP contribution in [0.1, 0.15) is 17.4 Å². The summed E-state index contributed by atoms with van der Waals surface area (Å²) in [6.07, 6.45) is 0. The smallest absolute Gasteiger partial charge is 0.278 e. The lowest BCUT2D eigenvalue weighted by Gasteiger charge is -2.20. The Labute approximate surface area is 145 Å². The van der Waals surface area contributed by atoms with Crippen LogP contribution >= 0.6 is 0 Å². The predicted octanol–water partition coefficient (Wildman–Crippen LogP) is 4.03. The Kier molecular flexibility index (Phi) is 4.99. The lowest BCUT2D eigenvalue weighted by Crippen LogP contribution is -2.31. The molecule has 0 bridgehead atoms. The second kappa shape index (κ2) is 7.53. The molecule has 0 aliphatic carbocycles. The van der Waals surface area contributed by atoms with Crippen LogP contribution in [-0.2, 0) is 0 Å². The lowest BCUT2D eigenvalue weighted by molar-refractivity contribution is 0.0982. The molecule has 2 aromatic carbocycles. The maximum Gasteiger partial charge on any atom is 0.278 e. The summed E-state index contributed by atoms with van der Waals surface area (Å²) in [4.78, 5) is 14.3. The Morgan fingerprint density at radius 1 is 1.00 bits per heavy atom. The van der Waals surface area contributed by atoms with E-state index in [0.717, 1.165) is 5.69 Å². The van der Waals surface area contributed by atoms with Crippen LogP contribution in [0, 0.1) is 5.82 Å². The van der Waals surface area contributed by atoms with E-state index in [9.17, 15) is 9.18 Å². The van der Waals surface area contributed by atoms with Crippen LogP contribution in [0.2, 0.25) is 0 Å². The van der Waals surface area contributed by atoms with Crippen molar-refractivity contribution in [1.82, 2.24) is 10.2 Å². The van der Waals surface area contributed by atoms with Crippen molar-refractivity contribution in [2.45, 2.75) is 6.92 Å². The molecule has 25 heavy (non-hydrogen) atoms. The molecule has 3 aromatic rings. The highest BCUT2D eigenvalue weighted by Gasteiger charge is 2.17. The molecule has 0 aliphatic heterocycles. The summed E-state index contributed by atoms with van der Waals surface area (Å²) in [5.74, 6) is -0.256. The first-order valence-electron chi connectivity index (χ1n) is 7.91. The number of nitrogens with zero attached hydrogens (tertiary/aromatic N) is 3. The van der Waals surface area contributed by atoms with Crippen LogP contribution in [0.3, 0.4) is 0 Å². The third kappa shape index (κ3) is 3.80. The van der Waals surface area contributed by atoms with Crippen LogP contribution < -0.4 is 10.2 Å². The van der Waals surface area contributed by atoms with E-state index in [1.807, 2.05) is 37.3 Å². The highest BCUT2D eigenvalue weighted by molar-refractivity contribution is 6.04. The summed E-state index contributed by atoms with van der Waals surface area (Å²) in [7, 11) is 0. The maximum absolute atomic E-state index is 13.7. The summed E-state index contributed by atoms with van der Waals surface area (Å²) in [5.41, 5.74) is 1.32. The Morgan fingerprint density at radius 3 is 2.36 bits per heavy atom. The molecule has 0 unspecified atom stereocenters. The third-order valence-corrected chi connectivity index (χ3v) is 3.65. The number of amides is 1. The number of hydrogen-bond acceptors (Lipinski definition) is 4. The van der Waals surface area contributed by atoms with Crippen molar-refractivity contribution >= 4 is 23.1 Å². The van der Waals surface area contributed by atoms with E-state index in [-0.39, 0.29) is 17.4 Å². The van der Waals surface area contributed by atoms with E-state index in [1.54, 1.807) is 35.2 Å². The number of benzene rings is 2. The molecule has 0 spiro atoms. The fourth-order valence-electron chi connectivity index (χ4n) is 2.40. The molecule has 1 N–H and O–H groups in total. The fraction of sp³-hybridized carbons (Fsp3) is 0.105. The molecule has 5 nitrogen and oxygen atoms in total. The molecule has 0 saturated carbocycles. The molecule has 0 saturated heterocycles. The van der Waals surface area contributed by atoms with Gasteiger partial charge in [-0.1, -0.05) is 30.3 Å². The summed E-state index contributed by atoms with van der Waals surface area (Å²) < 4.78 is 13.7. The molecule has 1 aromatic heterocycles. The van der Waals surface area contributed by atoms with Gasteiger partial charge in [0.2, 0.25) is 0 Å². The first-order valence-corrected chi connectivity index (χ1v) is 7.91. The number of nitrogens with one attached hydrogen (secondary N) is 1. The third-order valence-electron chi connectivity index (χ3n) is 3.65. The zero-order valence-electron chi connectivity index (χ0n) is 13.7. The van der Waals surface area contributed by atoms with Crippen molar-refractivity contribution in [3.63, 3.8) is 0 Å². The molecule has 1 heterocycles. The van der Waals surface area contributed by atoms with Gasteiger partial charge in [0, 0.05) is 12.2 Å². The second-order valence-electron chi connectivity index (χ2n) is 5.29. The molecule has 0 atom stereocenters. The van der Waals surface area contributed by atoms with Crippen LogP contribution in [0.25, 0.3) is 0 Å². The van der Waals surface area contributed by atoms with Crippen LogP contribution in [0.15, 0.2) is 66.7 Å². The first kappa shape index (κ1) is 16.6. The highest BCUT2D eigenvalue weighted by atomic mass is 19.1. The van der Waals surface area contributed by atoms with Crippen LogP contribution in [0.4, 0.5) is 21.6 Å². The summed E-state index contributed by atoms with van der Waals surface area (Å²) in [6, 6.07) is 18.8. The number of carbonyl (C=O) groups excluding carboxylic acids is 1. The van der Waals surface area contributed by atoms with Crippen molar-refractivity contribution in [3.8, 4) is 0 Å². The van der Waals surface area contributed by atoms with Crippen molar-refractivity contribution < 1.29 is 9.18 Å². The number of anilines is 3. The van der Waals surface area contributed by atoms with Crippen molar-refractivity contribution in [1.29, 1.82) is 0 Å². The largest absolute Gasteiger partial charge is 0.336 e. The summed E-state index contributed by atoms with van der Waals surface area (Å²) in [6.45, 7) is 2.41. The second-order valence-corrected chi connectivity index (χ2v) is 5.29. The molecule has 0 radical (unpaired) electrons. The molecule has 0 aliphatic rings. The average molecular weight is 336 g/mol. The number of hydrogen-bond donors (Lipinski definition) is 1. The van der Waals surface area contributed by atoms with Gasteiger partial charge in [-0.15, -0.1) is 10.2 Å². The lowest BCUT2D eigenvalue weighted by atomic mass is 10.2. The van der Waals surface area contributed by atoms with Crippen molar-refractivity contribution in [3.05, 3.63) is 78.2 Å². The molecular weight excluding hydrogens is 319 g/mol. The van der Waals surface area contributed by atoms with Gasteiger partial charge in [-0.2, -0.15) is 0 Å². The number of halogens is 1. The Balaban J connectivity index is 1.77. The minimum Gasteiger partial charge on any atom is -0.336 e. The van der Waals surface area contributed by atoms with Gasteiger partial charge < -0.3 is 10.2 Å². The predicted molar refractivity (Wildman–Crippen MR) is 95.5 cm³/mol. The quantitative estimate of drug-likeness (QED) is 0.764. The Morgan fingerprint density at radius 2 is 1.72 bits per heavy atom. The Hall–Kier alpha value is -3.28. The summed E-state index contributed by atoms with van der Waals surface area (Å²) in [5, 5.41) is 10.8. The van der Waals surface area contributed by atoms with E-state index in [0.29, 0.717) is 18.1 Å². The highest BCUT2D eigenvalue weighted by Crippen LogP contribution is 2.19. The van der Waals surface area contributed by atoms with Crippen molar-refractivity contribution in [2.75, 3.05) is 16.8 Å². The zero-order valence-corrected chi connectivity index (χ0v) is 13.7. The number of para-hydroxylation sites is 2. The minimum absolute atomic E-state index is 0.227. The van der Waals surface area contributed by atoms with E-state index in [2.05, 4.69) is 15.5 Å². The number of aromatic nitrogens is 2. The average Bonchev–Trinajstić information content (AvgIpc) is 2.66. The van der Waals surface area contributed by atoms with Crippen LogP contribution in [-0.4, -0.2) is 22.6 Å². The van der Waals surface area contributed by atoms with Crippen molar-refractivity contribution in [2.24, 2.45) is 0 Å². The number of rotatable bonds is 5. The molecule has 126 valence electrons. The van der Waals surface area contributed by atoms with E-state index in [4.69, 9.17) is 0 Å². The van der Waals surface area contributed by atoms with E-state index >= 15 is 0 Å². The Bertz CT molecular complexity index is 853. The maximum atomic E-state index is 13.7. The summed E-state index contributed by atoms with van der Waals surface area (Å²) >= 11 is 0. The topological polar surface area (TPSA) is 58.1 Å². The monoisotopic (exact) mass is 336 g/mol. The van der Waals surface area contributed by atoms with Gasteiger partial charge >= 0.3 is 0 Å². The molecule has 3 rings (SSSR count). The first-order chi connectivity index (χ1) is 12.2. The molecule has 1 amide bonds. The SMILES string of the molecule is CCN(C(=O)c1ccc(Nc2ccccc2F)nn1)c1ccccc1. The molecule has 0 fully saturated rings. The number of carbonyl (C=O) groups is 1. The molecular formula is C19H17FN4O. The van der Waals surface area contributed by atoms with Gasteiger partial charge in [0.1, 0.15) is 5.82 Å². The normalized spacial score (nSPS) is 10.3. The van der Waals surface area contributed by atoms with Gasteiger partial charge in [0.05, 0.1) is 5.69 Å². The van der Waals surface area contributed by atoms with Gasteiger partial charge in [-0.3, -0.25) is 4.79 Å². The fourth-order valence-corrected chi connectivity index (χ4v) is 2.40. The zero-order chi connectivity index (χ0) is 17.6. The van der Waals surface area contributed by atoms with Gasteiger partial charge in [0.25, 0.3) is 5.91 Å². The minimum atomic E-state index is -0.384. The van der Waals surface area contributed by atoms with E-state index < -0.39 is 0 Å². The molecule has 6 heteroatoms. The standard InChI is InChI=1S/C19H17FN4O/c1-2-24(14-8-4-3-5-9-14)19(25)17-12-13-18(23-22-17)21-16-11-7-6-10-15(16)20/h3-13H,2H2,1H3,(H,21,23). The van der Waals surface area contributed by atoms with Gasteiger partial charge in [0.15, 0.2) is 11.5 Å². The van der Waals surface area contributed by atoms with E-state index in [1.165, 1.54) is 6.07 Å².